The van der Waals surface area contributed by atoms with Crippen LogP contribution in [0.1, 0.15) is 36.1 Å². The highest BCUT2D eigenvalue weighted by Gasteiger charge is 2.42. The predicted molar refractivity (Wildman–Crippen MR) is 109 cm³/mol. The molecule has 1 atom stereocenters. The normalized spacial score (nSPS) is 20.8. The summed E-state index contributed by atoms with van der Waals surface area (Å²) >= 11 is 1.54. The van der Waals surface area contributed by atoms with Crippen LogP contribution in [0.2, 0.25) is 0 Å². The first-order valence-corrected chi connectivity index (χ1v) is 10.3. The maximum Gasteiger partial charge on any atom is 0.239 e. The van der Waals surface area contributed by atoms with Crippen LogP contribution in [-0.2, 0) is 11.2 Å². The zero-order valence-electron chi connectivity index (χ0n) is 15.1. The third-order valence-corrected chi connectivity index (χ3v) is 6.28. The van der Waals surface area contributed by atoms with Gasteiger partial charge in [-0.3, -0.25) is 9.69 Å². The minimum Gasteiger partial charge on any atom is -0.494 e. The van der Waals surface area contributed by atoms with Crippen LogP contribution in [0.3, 0.4) is 0 Å². The molecule has 2 aromatic rings. The van der Waals surface area contributed by atoms with Crippen LogP contribution in [-0.4, -0.2) is 28.3 Å². The molecule has 0 unspecified atom stereocenters. The van der Waals surface area contributed by atoms with Crippen molar-refractivity contribution in [3.63, 3.8) is 0 Å². The number of hydrogen-bond acceptors (Lipinski definition) is 4. The van der Waals surface area contributed by atoms with Gasteiger partial charge in [-0.25, -0.2) is 4.99 Å². The molecule has 4 nitrogen and oxygen atoms in total. The average molecular weight is 376 g/mol. The van der Waals surface area contributed by atoms with E-state index in [-0.39, 0.29) is 11.9 Å². The summed E-state index contributed by atoms with van der Waals surface area (Å²) in [7, 11) is 0. The van der Waals surface area contributed by atoms with Crippen LogP contribution in [0.5, 0.6) is 5.75 Å². The molecule has 136 valence electrons. The summed E-state index contributed by atoms with van der Waals surface area (Å²) in [4.78, 5) is 19.5. The van der Waals surface area contributed by atoms with Crippen LogP contribution in [0.4, 0.5) is 0 Å². The zero-order valence-corrected chi connectivity index (χ0v) is 16.0. The van der Waals surface area contributed by atoms with E-state index in [9.17, 15) is 4.79 Å². The second-order valence-corrected chi connectivity index (χ2v) is 7.82. The number of nitrogens with zero attached hydrogens (tertiary/aromatic N) is 2. The molecule has 5 heteroatoms. The van der Waals surface area contributed by atoms with Gasteiger partial charge >= 0.3 is 0 Å². The van der Waals surface area contributed by atoms with Crippen molar-refractivity contribution >= 4 is 28.5 Å². The minimum absolute atomic E-state index is 0.0703. The van der Waals surface area contributed by atoms with Crippen molar-refractivity contribution < 1.29 is 9.53 Å². The maximum atomic E-state index is 12.7. The molecule has 1 aliphatic carbocycles. The molecule has 1 fully saturated rings. The third kappa shape index (κ3) is 2.69. The van der Waals surface area contributed by atoms with E-state index in [0.717, 1.165) is 35.0 Å². The van der Waals surface area contributed by atoms with E-state index in [4.69, 9.17) is 9.73 Å². The lowest BCUT2D eigenvalue weighted by Crippen LogP contribution is -2.38. The molecular weight excluding hydrogens is 356 g/mol. The number of rotatable bonds is 3. The van der Waals surface area contributed by atoms with Gasteiger partial charge in [0.1, 0.15) is 5.75 Å². The van der Waals surface area contributed by atoms with E-state index in [0.29, 0.717) is 12.4 Å². The molecule has 5 rings (SSSR count). The van der Waals surface area contributed by atoms with Crippen LogP contribution in [0.25, 0.3) is 5.70 Å². The molecule has 1 amide bonds. The molecule has 0 bridgehead atoms. The fraction of sp³-hybridized carbons (Fsp3) is 0.273. The number of carbonyl (C=O) groups excluding carboxylic acids is 1. The van der Waals surface area contributed by atoms with E-state index >= 15 is 0 Å². The number of amides is 1. The molecule has 2 aliphatic heterocycles. The molecule has 3 aliphatic rings. The van der Waals surface area contributed by atoms with Gasteiger partial charge in [-0.2, -0.15) is 0 Å². The molecule has 0 aromatic heterocycles. The molecule has 0 N–H and O–H groups in total. The fourth-order valence-electron chi connectivity index (χ4n) is 4.16. The molecule has 0 spiro atoms. The minimum atomic E-state index is -0.0703. The van der Waals surface area contributed by atoms with Crippen molar-refractivity contribution in [1.29, 1.82) is 0 Å². The highest BCUT2D eigenvalue weighted by Crippen LogP contribution is 2.47. The Kier molecular flexibility index (Phi) is 4.05. The maximum absolute atomic E-state index is 12.7. The first kappa shape index (κ1) is 16.6. The Balaban J connectivity index is 1.65. The summed E-state index contributed by atoms with van der Waals surface area (Å²) in [6.07, 6.45) is 1.91. The Morgan fingerprint density at radius 3 is 2.78 bits per heavy atom. The first-order chi connectivity index (χ1) is 13.3. The van der Waals surface area contributed by atoms with Gasteiger partial charge in [0.05, 0.1) is 24.1 Å². The topological polar surface area (TPSA) is 41.9 Å². The van der Waals surface area contributed by atoms with Gasteiger partial charge in [0.15, 0.2) is 5.17 Å². The molecular formula is C22H20N2O2S. The van der Waals surface area contributed by atoms with Crippen LogP contribution in [0.15, 0.2) is 59.1 Å². The molecule has 2 heterocycles. The largest absolute Gasteiger partial charge is 0.494 e. The van der Waals surface area contributed by atoms with Gasteiger partial charge in [-0.05, 0) is 48.6 Å². The van der Waals surface area contributed by atoms with E-state index in [1.807, 2.05) is 24.0 Å². The van der Waals surface area contributed by atoms with Gasteiger partial charge in [0.2, 0.25) is 5.91 Å². The quantitative estimate of drug-likeness (QED) is 0.796. The Morgan fingerprint density at radius 1 is 1.15 bits per heavy atom. The molecule has 0 radical (unpaired) electrons. The molecule has 0 saturated carbocycles. The highest BCUT2D eigenvalue weighted by molar-refractivity contribution is 8.15. The van der Waals surface area contributed by atoms with Gasteiger partial charge in [-0.15, -0.1) is 0 Å². The van der Waals surface area contributed by atoms with E-state index in [1.165, 1.54) is 16.7 Å². The number of amidine groups is 1. The van der Waals surface area contributed by atoms with Gasteiger partial charge in [0, 0.05) is 5.56 Å². The van der Waals surface area contributed by atoms with E-state index in [1.54, 1.807) is 11.8 Å². The van der Waals surface area contributed by atoms with Crippen molar-refractivity contribution in [3.05, 3.63) is 70.8 Å². The summed E-state index contributed by atoms with van der Waals surface area (Å²) in [6.45, 7) is 2.63. The van der Waals surface area contributed by atoms with Crippen molar-refractivity contribution in [1.82, 2.24) is 4.90 Å². The summed E-state index contributed by atoms with van der Waals surface area (Å²) < 4.78 is 5.59. The van der Waals surface area contributed by atoms with E-state index < -0.39 is 0 Å². The molecule has 1 saturated heterocycles. The predicted octanol–water partition coefficient (Wildman–Crippen LogP) is 4.43. The first-order valence-electron chi connectivity index (χ1n) is 9.34. The van der Waals surface area contributed by atoms with Gasteiger partial charge in [0.25, 0.3) is 0 Å². The SMILES string of the molecule is CCOc1ccc([C@H]2C3=C(N=C4SCC(=O)N42)c2ccccc2CC3)cc1. The number of hydrogen-bond donors (Lipinski definition) is 0. The Morgan fingerprint density at radius 2 is 1.96 bits per heavy atom. The smallest absolute Gasteiger partial charge is 0.239 e. The Labute approximate surface area is 162 Å². The third-order valence-electron chi connectivity index (χ3n) is 5.34. The summed E-state index contributed by atoms with van der Waals surface area (Å²) in [6, 6.07) is 16.6. The number of aryl methyl sites for hydroxylation is 1. The van der Waals surface area contributed by atoms with Crippen molar-refractivity contribution in [2.24, 2.45) is 4.99 Å². The van der Waals surface area contributed by atoms with Crippen LogP contribution in [0, 0.1) is 0 Å². The van der Waals surface area contributed by atoms with Crippen molar-refractivity contribution in [3.8, 4) is 5.75 Å². The average Bonchev–Trinajstić information content (AvgIpc) is 3.08. The highest BCUT2D eigenvalue weighted by atomic mass is 32.2. The number of carbonyl (C=O) groups is 1. The van der Waals surface area contributed by atoms with Crippen molar-refractivity contribution in [2.45, 2.75) is 25.8 Å². The second kappa shape index (κ2) is 6.57. The number of ether oxygens (including phenoxy) is 1. The molecule has 2 aromatic carbocycles. The Bertz CT molecular complexity index is 978. The lowest BCUT2D eigenvalue weighted by molar-refractivity contribution is -0.125. The number of aliphatic imine (C=N–C) groups is 1. The Hall–Kier alpha value is -2.53. The molecule has 27 heavy (non-hydrogen) atoms. The standard InChI is InChI=1S/C22H20N2O2S/c1-2-26-16-10-7-15(8-11-16)21-18-12-9-14-5-3-4-6-17(14)20(18)23-22-24(21)19(25)13-27-22/h3-8,10-11,21H,2,9,12-13H2,1H3/t21-/m0/s1. The summed E-state index contributed by atoms with van der Waals surface area (Å²) in [5, 5.41) is 0.828. The van der Waals surface area contributed by atoms with Crippen molar-refractivity contribution in [2.75, 3.05) is 12.4 Å². The summed E-state index contributed by atoms with van der Waals surface area (Å²) in [5.41, 5.74) is 5.98. The fourth-order valence-corrected chi connectivity index (χ4v) is 5.05. The number of benzene rings is 2. The van der Waals surface area contributed by atoms with Gasteiger partial charge < -0.3 is 4.74 Å². The lowest BCUT2D eigenvalue weighted by Gasteiger charge is -2.37. The zero-order chi connectivity index (χ0) is 18.4. The van der Waals surface area contributed by atoms with Gasteiger partial charge in [-0.1, -0.05) is 48.2 Å². The number of thioether (sulfide) groups is 1. The lowest BCUT2D eigenvalue weighted by atomic mass is 9.82. The monoisotopic (exact) mass is 376 g/mol. The number of fused-ring (bicyclic) bond motifs is 3. The van der Waals surface area contributed by atoms with Crippen LogP contribution < -0.4 is 4.74 Å². The summed E-state index contributed by atoms with van der Waals surface area (Å²) in [5.74, 6) is 1.47. The second-order valence-electron chi connectivity index (χ2n) is 6.88. The van der Waals surface area contributed by atoms with Crippen LogP contribution >= 0.6 is 11.8 Å². The van der Waals surface area contributed by atoms with E-state index in [2.05, 4.69) is 36.4 Å².